The van der Waals surface area contributed by atoms with E-state index in [1.165, 1.54) is 26.2 Å². The molecule has 0 amide bonds. The highest BCUT2D eigenvalue weighted by Gasteiger charge is 2.23. The molecular formula is C10H14FNO3S. The Labute approximate surface area is 94.1 Å². The summed E-state index contributed by atoms with van der Waals surface area (Å²) in [6, 6.07) is 3.46. The first-order valence-corrected chi connectivity index (χ1v) is 6.22. The number of methoxy groups -OCH3 is 1. The molecule has 1 rings (SSSR count). The molecule has 1 aromatic carbocycles. The van der Waals surface area contributed by atoms with E-state index in [0.717, 1.165) is 6.07 Å². The maximum Gasteiger partial charge on any atom is 0.183 e. The highest BCUT2D eigenvalue weighted by Crippen LogP contribution is 2.20. The molecule has 0 aliphatic carbocycles. The van der Waals surface area contributed by atoms with Crippen molar-refractivity contribution < 1.29 is 17.5 Å². The molecule has 1 atom stereocenters. The van der Waals surface area contributed by atoms with E-state index in [4.69, 9.17) is 10.5 Å². The minimum Gasteiger partial charge on any atom is -0.396 e. The van der Waals surface area contributed by atoms with E-state index in [1.54, 1.807) is 0 Å². The lowest BCUT2D eigenvalue weighted by atomic mass is 10.3. The fraction of sp³-hybridized carbons (Fsp3) is 0.400. The van der Waals surface area contributed by atoms with Crippen LogP contribution in [0.25, 0.3) is 0 Å². The Bertz CT molecular complexity index is 473. The molecule has 0 saturated carbocycles. The topological polar surface area (TPSA) is 69.4 Å². The van der Waals surface area contributed by atoms with Crippen molar-refractivity contribution in [3.8, 4) is 0 Å². The van der Waals surface area contributed by atoms with Gasteiger partial charge in [-0.3, -0.25) is 0 Å². The number of ether oxygens (including phenoxy) is 1. The molecule has 2 N–H and O–H groups in total. The van der Waals surface area contributed by atoms with Crippen molar-refractivity contribution >= 4 is 15.5 Å². The van der Waals surface area contributed by atoms with Gasteiger partial charge >= 0.3 is 0 Å². The van der Waals surface area contributed by atoms with E-state index < -0.39 is 20.9 Å². The predicted molar refractivity (Wildman–Crippen MR) is 59.3 cm³/mol. The lowest BCUT2D eigenvalue weighted by Crippen LogP contribution is -2.23. The maximum atomic E-state index is 13.1. The number of benzene rings is 1. The molecule has 0 saturated heterocycles. The number of rotatable bonds is 4. The molecule has 4 nitrogen and oxygen atoms in total. The Balaban J connectivity index is 3.12. The number of nitrogens with two attached hydrogens (primary N) is 1. The summed E-state index contributed by atoms with van der Waals surface area (Å²) in [5, 5.41) is -0.722. The standard InChI is InChI=1S/C10H14FNO3S/c1-7(6-15-2)16(13,14)8-3-4-10(12)9(11)5-8/h3-5,7H,6,12H2,1-2H3. The van der Waals surface area contributed by atoms with Gasteiger partial charge in [0.1, 0.15) is 5.82 Å². The van der Waals surface area contributed by atoms with Gasteiger partial charge in [-0.15, -0.1) is 0 Å². The summed E-state index contributed by atoms with van der Waals surface area (Å²) < 4.78 is 41.7. The van der Waals surface area contributed by atoms with Crippen LogP contribution in [0.3, 0.4) is 0 Å². The lowest BCUT2D eigenvalue weighted by molar-refractivity contribution is 0.200. The molecule has 0 spiro atoms. The van der Waals surface area contributed by atoms with Gasteiger partial charge < -0.3 is 10.5 Å². The normalized spacial score (nSPS) is 13.7. The van der Waals surface area contributed by atoms with Crippen molar-refractivity contribution in [1.29, 1.82) is 0 Å². The molecule has 0 bridgehead atoms. The fourth-order valence-electron chi connectivity index (χ4n) is 1.24. The Morgan fingerprint density at radius 2 is 2.12 bits per heavy atom. The van der Waals surface area contributed by atoms with Crippen molar-refractivity contribution in [2.75, 3.05) is 19.5 Å². The molecular weight excluding hydrogens is 233 g/mol. The molecule has 6 heteroatoms. The first-order valence-electron chi connectivity index (χ1n) is 4.67. The van der Waals surface area contributed by atoms with E-state index in [2.05, 4.69) is 0 Å². The Morgan fingerprint density at radius 3 is 2.62 bits per heavy atom. The van der Waals surface area contributed by atoms with E-state index >= 15 is 0 Å². The van der Waals surface area contributed by atoms with Crippen molar-refractivity contribution in [1.82, 2.24) is 0 Å². The van der Waals surface area contributed by atoms with Crippen LogP contribution >= 0.6 is 0 Å². The summed E-state index contributed by atoms with van der Waals surface area (Å²) in [6.45, 7) is 1.57. The third-order valence-electron chi connectivity index (χ3n) is 2.23. The lowest BCUT2D eigenvalue weighted by Gasteiger charge is -2.12. The third-order valence-corrected chi connectivity index (χ3v) is 4.34. The van der Waals surface area contributed by atoms with Gasteiger partial charge in [0.15, 0.2) is 9.84 Å². The van der Waals surface area contributed by atoms with Crippen LogP contribution in [-0.2, 0) is 14.6 Å². The summed E-state index contributed by atoms with van der Waals surface area (Å²) in [7, 11) is -2.15. The van der Waals surface area contributed by atoms with Crippen molar-refractivity contribution in [2.45, 2.75) is 17.1 Å². The molecule has 1 aromatic rings. The average molecular weight is 247 g/mol. The molecule has 90 valence electrons. The fourth-order valence-corrected chi connectivity index (χ4v) is 2.55. The Kier molecular flexibility index (Phi) is 3.88. The minimum atomic E-state index is -3.56. The minimum absolute atomic E-state index is 0.0638. The molecule has 0 heterocycles. The van der Waals surface area contributed by atoms with Gasteiger partial charge in [0.25, 0.3) is 0 Å². The molecule has 0 fully saturated rings. The Hall–Kier alpha value is -1.14. The van der Waals surface area contributed by atoms with Crippen molar-refractivity contribution in [3.05, 3.63) is 24.0 Å². The largest absolute Gasteiger partial charge is 0.396 e. The summed E-state index contributed by atoms with van der Waals surface area (Å²) in [5.74, 6) is -0.731. The van der Waals surface area contributed by atoms with Crippen LogP contribution in [0.4, 0.5) is 10.1 Å². The number of nitrogen functional groups attached to an aromatic ring is 1. The summed E-state index contributed by atoms with van der Waals surface area (Å²) in [6.07, 6.45) is 0. The number of hydrogen-bond donors (Lipinski definition) is 1. The van der Waals surface area contributed by atoms with Gasteiger partial charge in [0, 0.05) is 7.11 Å². The highest BCUT2D eigenvalue weighted by atomic mass is 32.2. The monoisotopic (exact) mass is 247 g/mol. The van der Waals surface area contributed by atoms with Gasteiger partial charge in [0.05, 0.1) is 22.4 Å². The summed E-state index contributed by atoms with van der Waals surface area (Å²) >= 11 is 0. The van der Waals surface area contributed by atoms with Gasteiger partial charge in [-0.25, -0.2) is 12.8 Å². The Morgan fingerprint density at radius 1 is 1.50 bits per heavy atom. The summed E-state index contributed by atoms with van der Waals surface area (Å²) in [4.78, 5) is -0.0799. The SMILES string of the molecule is COCC(C)S(=O)(=O)c1ccc(N)c(F)c1. The van der Waals surface area contributed by atoms with Crippen LogP contribution in [-0.4, -0.2) is 27.4 Å². The average Bonchev–Trinajstić information content (AvgIpc) is 2.22. The van der Waals surface area contributed by atoms with Crippen LogP contribution in [0.2, 0.25) is 0 Å². The molecule has 0 aliphatic heterocycles. The van der Waals surface area contributed by atoms with Crippen molar-refractivity contribution in [3.63, 3.8) is 0 Å². The molecule has 1 unspecified atom stereocenters. The van der Waals surface area contributed by atoms with Gasteiger partial charge in [-0.1, -0.05) is 0 Å². The first-order chi connectivity index (χ1) is 7.39. The zero-order valence-electron chi connectivity index (χ0n) is 9.10. The second kappa shape index (κ2) is 4.80. The van der Waals surface area contributed by atoms with Crippen LogP contribution in [0, 0.1) is 5.82 Å². The number of halogens is 1. The maximum absolute atomic E-state index is 13.1. The van der Waals surface area contributed by atoms with E-state index in [1.807, 2.05) is 0 Å². The first kappa shape index (κ1) is 12.9. The molecule has 0 radical (unpaired) electrons. The van der Waals surface area contributed by atoms with Crippen molar-refractivity contribution in [2.24, 2.45) is 0 Å². The van der Waals surface area contributed by atoms with Crippen LogP contribution in [0.1, 0.15) is 6.92 Å². The van der Waals surface area contributed by atoms with Crippen LogP contribution in [0.5, 0.6) is 0 Å². The molecule has 16 heavy (non-hydrogen) atoms. The smallest absolute Gasteiger partial charge is 0.183 e. The van der Waals surface area contributed by atoms with Gasteiger partial charge in [0.2, 0.25) is 0 Å². The van der Waals surface area contributed by atoms with Crippen LogP contribution in [0.15, 0.2) is 23.1 Å². The molecule has 0 aliphatic rings. The number of sulfone groups is 1. The zero-order chi connectivity index (χ0) is 12.3. The number of anilines is 1. The van der Waals surface area contributed by atoms with E-state index in [9.17, 15) is 12.8 Å². The third kappa shape index (κ3) is 2.51. The van der Waals surface area contributed by atoms with E-state index in [-0.39, 0.29) is 17.2 Å². The second-order valence-electron chi connectivity index (χ2n) is 3.49. The predicted octanol–water partition coefficient (Wildman–Crippen LogP) is 1.22. The highest BCUT2D eigenvalue weighted by molar-refractivity contribution is 7.92. The van der Waals surface area contributed by atoms with Gasteiger partial charge in [-0.2, -0.15) is 0 Å². The number of hydrogen-bond acceptors (Lipinski definition) is 4. The second-order valence-corrected chi connectivity index (χ2v) is 5.86. The quantitative estimate of drug-likeness (QED) is 0.812. The molecule has 0 aromatic heterocycles. The van der Waals surface area contributed by atoms with Crippen LogP contribution < -0.4 is 5.73 Å². The van der Waals surface area contributed by atoms with E-state index in [0.29, 0.717) is 0 Å². The zero-order valence-corrected chi connectivity index (χ0v) is 9.92. The summed E-state index contributed by atoms with van der Waals surface area (Å²) in [5.41, 5.74) is 5.20. The van der Waals surface area contributed by atoms with Gasteiger partial charge in [-0.05, 0) is 25.1 Å².